The standard InChI is InChI=1S/C16H21F2NO3/c1-9-5-11(16(21)22)6-10(2)19(9)8-15(20)13-4-3-12(17)7-14(13)18/h3-4,7,9-11,15,20H,5-6,8H2,1-2H3,(H,21,22). The van der Waals surface area contributed by atoms with E-state index in [1.807, 2.05) is 18.7 Å². The molecule has 122 valence electrons. The Hall–Kier alpha value is -1.53. The van der Waals surface area contributed by atoms with Crippen LogP contribution in [0.2, 0.25) is 0 Å². The van der Waals surface area contributed by atoms with Gasteiger partial charge in [0.15, 0.2) is 0 Å². The maximum atomic E-state index is 13.7. The molecular weight excluding hydrogens is 292 g/mol. The second kappa shape index (κ2) is 6.71. The van der Waals surface area contributed by atoms with E-state index in [2.05, 4.69) is 0 Å². The molecule has 0 spiro atoms. The van der Waals surface area contributed by atoms with Gasteiger partial charge in [0.2, 0.25) is 0 Å². The molecule has 0 aromatic heterocycles. The van der Waals surface area contributed by atoms with Gasteiger partial charge < -0.3 is 10.2 Å². The van der Waals surface area contributed by atoms with Crippen molar-refractivity contribution in [2.24, 2.45) is 5.92 Å². The third kappa shape index (κ3) is 3.62. The lowest BCUT2D eigenvalue weighted by Gasteiger charge is -2.42. The molecule has 0 saturated carbocycles. The number of rotatable bonds is 4. The van der Waals surface area contributed by atoms with Crippen LogP contribution in [-0.2, 0) is 4.79 Å². The molecule has 4 nitrogen and oxygen atoms in total. The molecule has 1 saturated heterocycles. The topological polar surface area (TPSA) is 60.8 Å². The predicted octanol–water partition coefficient (Wildman–Crippen LogP) is 2.57. The van der Waals surface area contributed by atoms with E-state index in [0.717, 1.165) is 12.1 Å². The second-order valence-electron chi connectivity index (χ2n) is 6.08. The largest absolute Gasteiger partial charge is 0.481 e. The van der Waals surface area contributed by atoms with E-state index in [0.29, 0.717) is 12.8 Å². The molecule has 3 unspecified atom stereocenters. The smallest absolute Gasteiger partial charge is 0.306 e. The van der Waals surface area contributed by atoms with E-state index in [-0.39, 0.29) is 30.1 Å². The Morgan fingerprint density at radius 3 is 2.41 bits per heavy atom. The molecule has 0 radical (unpaired) electrons. The molecule has 1 fully saturated rings. The maximum Gasteiger partial charge on any atom is 0.306 e. The summed E-state index contributed by atoms with van der Waals surface area (Å²) in [4.78, 5) is 13.1. The van der Waals surface area contributed by atoms with Crippen LogP contribution in [0, 0.1) is 17.6 Å². The average molecular weight is 313 g/mol. The lowest BCUT2D eigenvalue weighted by molar-refractivity contribution is -0.145. The minimum absolute atomic E-state index is 0.0250. The highest BCUT2D eigenvalue weighted by molar-refractivity contribution is 5.70. The van der Waals surface area contributed by atoms with Crippen molar-refractivity contribution in [3.63, 3.8) is 0 Å². The molecule has 2 N–H and O–H groups in total. The highest BCUT2D eigenvalue weighted by atomic mass is 19.1. The van der Waals surface area contributed by atoms with Gasteiger partial charge in [-0.15, -0.1) is 0 Å². The number of halogens is 2. The van der Waals surface area contributed by atoms with Gasteiger partial charge in [0.25, 0.3) is 0 Å². The summed E-state index contributed by atoms with van der Waals surface area (Å²) in [6.45, 7) is 4.00. The number of carboxylic acid groups (broad SMARTS) is 1. The first-order valence-electron chi connectivity index (χ1n) is 7.41. The molecule has 0 amide bonds. The summed E-state index contributed by atoms with van der Waals surface area (Å²) in [5, 5.41) is 19.4. The number of piperidine rings is 1. The Morgan fingerprint density at radius 2 is 1.91 bits per heavy atom. The predicted molar refractivity (Wildman–Crippen MR) is 77.3 cm³/mol. The zero-order valence-corrected chi connectivity index (χ0v) is 12.7. The van der Waals surface area contributed by atoms with Crippen LogP contribution in [0.25, 0.3) is 0 Å². The molecule has 0 aliphatic carbocycles. The first kappa shape index (κ1) is 16.8. The minimum Gasteiger partial charge on any atom is -0.481 e. The molecule has 1 aromatic rings. The summed E-state index contributed by atoms with van der Waals surface area (Å²) >= 11 is 0. The van der Waals surface area contributed by atoms with E-state index < -0.39 is 23.7 Å². The van der Waals surface area contributed by atoms with Crippen LogP contribution in [0.5, 0.6) is 0 Å². The van der Waals surface area contributed by atoms with Crippen LogP contribution in [0.15, 0.2) is 18.2 Å². The van der Waals surface area contributed by atoms with Crippen molar-refractivity contribution in [3.05, 3.63) is 35.4 Å². The van der Waals surface area contributed by atoms with Gasteiger partial charge >= 0.3 is 5.97 Å². The fourth-order valence-electron chi connectivity index (χ4n) is 3.26. The van der Waals surface area contributed by atoms with Crippen LogP contribution in [0.4, 0.5) is 8.78 Å². The number of hydrogen-bond acceptors (Lipinski definition) is 3. The first-order chi connectivity index (χ1) is 10.3. The van der Waals surface area contributed by atoms with Crippen LogP contribution < -0.4 is 0 Å². The molecular formula is C16H21F2NO3. The highest BCUT2D eigenvalue weighted by Crippen LogP contribution is 2.30. The fourth-order valence-corrected chi connectivity index (χ4v) is 3.26. The van der Waals surface area contributed by atoms with Crippen molar-refractivity contribution in [3.8, 4) is 0 Å². The molecule has 22 heavy (non-hydrogen) atoms. The lowest BCUT2D eigenvalue weighted by Crippen LogP contribution is -2.49. The number of hydrogen-bond donors (Lipinski definition) is 2. The summed E-state index contributed by atoms with van der Waals surface area (Å²) in [5.41, 5.74) is 0.0566. The van der Waals surface area contributed by atoms with E-state index in [1.165, 1.54) is 6.07 Å². The summed E-state index contributed by atoms with van der Waals surface area (Å²) in [5.74, 6) is -2.64. The van der Waals surface area contributed by atoms with E-state index in [4.69, 9.17) is 5.11 Å². The van der Waals surface area contributed by atoms with Gasteiger partial charge in [0.1, 0.15) is 11.6 Å². The molecule has 6 heteroatoms. The minimum atomic E-state index is -1.08. The van der Waals surface area contributed by atoms with Gasteiger partial charge in [-0.25, -0.2) is 8.78 Å². The molecule has 1 aliphatic heterocycles. The van der Waals surface area contributed by atoms with Crippen molar-refractivity contribution in [1.29, 1.82) is 0 Å². The Bertz CT molecular complexity index is 540. The summed E-state index contributed by atoms with van der Waals surface area (Å²) in [7, 11) is 0. The highest BCUT2D eigenvalue weighted by Gasteiger charge is 2.35. The van der Waals surface area contributed by atoms with Crippen LogP contribution in [-0.4, -0.2) is 39.7 Å². The Morgan fingerprint density at radius 1 is 1.32 bits per heavy atom. The van der Waals surface area contributed by atoms with Crippen LogP contribution in [0.3, 0.4) is 0 Å². The third-order valence-corrected chi connectivity index (χ3v) is 4.44. The SMILES string of the molecule is CC1CC(C(=O)O)CC(C)N1CC(O)c1ccc(F)cc1F. The van der Waals surface area contributed by atoms with Gasteiger partial charge in [0, 0.05) is 30.3 Å². The molecule has 1 aliphatic rings. The van der Waals surface area contributed by atoms with Crippen LogP contribution in [0.1, 0.15) is 38.4 Å². The van der Waals surface area contributed by atoms with Gasteiger partial charge in [-0.3, -0.25) is 9.69 Å². The van der Waals surface area contributed by atoms with E-state index in [9.17, 15) is 18.7 Å². The second-order valence-corrected chi connectivity index (χ2v) is 6.08. The first-order valence-corrected chi connectivity index (χ1v) is 7.41. The van der Waals surface area contributed by atoms with E-state index in [1.54, 1.807) is 0 Å². The van der Waals surface area contributed by atoms with E-state index >= 15 is 0 Å². The number of aliphatic hydroxyl groups excluding tert-OH is 1. The number of β-amino-alcohol motifs (C(OH)–C–C–N with tert-alkyl or cyclic N) is 1. The third-order valence-electron chi connectivity index (χ3n) is 4.44. The van der Waals surface area contributed by atoms with Crippen molar-refractivity contribution in [1.82, 2.24) is 4.90 Å². The van der Waals surface area contributed by atoms with Gasteiger partial charge in [-0.05, 0) is 32.8 Å². The maximum absolute atomic E-state index is 13.7. The number of aliphatic carboxylic acids is 1. The number of nitrogens with zero attached hydrogens (tertiary/aromatic N) is 1. The number of carboxylic acids is 1. The van der Waals surface area contributed by atoms with Gasteiger partial charge in [0.05, 0.1) is 12.0 Å². The molecule has 1 aromatic carbocycles. The van der Waals surface area contributed by atoms with Crippen molar-refractivity contribution in [2.45, 2.75) is 44.9 Å². The Kier molecular flexibility index (Phi) is 5.13. The average Bonchev–Trinajstić information content (AvgIpc) is 2.42. The fraction of sp³-hybridized carbons (Fsp3) is 0.562. The molecule has 0 bridgehead atoms. The van der Waals surface area contributed by atoms with Crippen molar-refractivity contribution in [2.75, 3.05) is 6.54 Å². The summed E-state index contributed by atoms with van der Waals surface area (Å²) in [6.07, 6.45) is -0.0804. The summed E-state index contributed by atoms with van der Waals surface area (Å²) in [6, 6.07) is 3.06. The van der Waals surface area contributed by atoms with Crippen molar-refractivity contribution >= 4 is 5.97 Å². The molecule has 2 rings (SSSR count). The van der Waals surface area contributed by atoms with Gasteiger partial charge in [-0.2, -0.15) is 0 Å². The summed E-state index contributed by atoms with van der Waals surface area (Å²) < 4.78 is 26.6. The van der Waals surface area contributed by atoms with Crippen molar-refractivity contribution < 1.29 is 23.8 Å². The molecule has 3 atom stereocenters. The quantitative estimate of drug-likeness (QED) is 0.897. The number of likely N-dealkylation sites (tertiary alicyclic amines) is 1. The normalized spacial score (nSPS) is 27.6. The van der Waals surface area contributed by atoms with Gasteiger partial charge in [-0.1, -0.05) is 6.07 Å². The number of carbonyl (C=O) groups is 1. The zero-order chi connectivity index (χ0) is 16.4. The zero-order valence-electron chi connectivity index (χ0n) is 12.7. The number of aliphatic hydroxyl groups is 1. The lowest BCUT2D eigenvalue weighted by atomic mass is 9.86. The Labute approximate surface area is 128 Å². The molecule has 1 heterocycles. The van der Waals surface area contributed by atoms with Crippen LogP contribution >= 0.6 is 0 Å². The monoisotopic (exact) mass is 313 g/mol. The number of benzene rings is 1. The Balaban J connectivity index is 2.07.